The van der Waals surface area contributed by atoms with Gasteiger partial charge in [-0.25, -0.2) is 4.98 Å². The van der Waals surface area contributed by atoms with E-state index in [-0.39, 0.29) is 5.54 Å². The molecule has 0 fully saturated rings. The van der Waals surface area contributed by atoms with Crippen LogP contribution in [0.15, 0.2) is 40.1 Å². The molecule has 0 saturated heterocycles. The molecule has 1 N–H and O–H groups in total. The third-order valence-corrected chi connectivity index (χ3v) is 4.25. The van der Waals surface area contributed by atoms with E-state index in [2.05, 4.69) is 60.7 Å². The van der Waals surface area contributed by atoms with Gasteiger partial charge in [-0.1, -0.05) is 12.1 Å². The maximum atomic E-state index is 4.31. The van der Waals surface area contributed by atoms with E-state index in [1.165, 1.54) is 10.5 Å². The van der Waals surface area contributed by atoms with E-state index in [1.807, 2.05) is 17.3 Å². The highest BCUT2D eigenvalue weighted by Gasteiger charge is 2.08. The highest BCUT2D eigenvalue weighted by atomic mass is 32.2. The zero-order chi connectivity index (χ0) is 13.7. The molecule has 2 aromatic rings. The number of thiazole rings is 1. The first-order valence-corrected chi connectivity index (χ1v) is 8.30. The Balaban J connectivity index is 1.91. The van der Waals surface area contributed by atoms with Gasteiger partial charge in [-0.05, 0) is 38.5 Å². The van der Waals surface area contributed by atoms with Crippen LogP contribution in [0.1, 0.15) is 32.0 Å². The fraction of sp³-hybridized carbons (Fsp3) is 0.400. The lowest BCUT2D eigenvalue weighted by Gasteiger charge is -2.20. The van der Waals surface area contributed by atoms with Crippen LogP contribution in [0.5, 0.6) is 0 Å². The summed E-state index contributed by atoms with van der Waals surface area (Å²) in [6, 6.07) is 8.72. The van der Waals surface area contributed by atoms with Crippen molar-refractivity contribution in [2.45, 2.75) is 43.5 Å². The zero-order valence-corrected chi connectivity index (χ0v) is 13.3. The molecular formula is C15H20N2S2. The van der Waals surface area contributed by atoms with Crippen molar-refractivity contribution in [2.75, 3.05) is 0 Å². The molecule has 0 aliphatic carbocycles. The lowest BCUT2D eigenvalue weighted by molar-refractivity contribution is 0.424. The topological polar surface area (TPSA) is 24.9 Å². The number of benzene rings is 1. The maximum Gasteiger partial charge on any atom is 0.0795 e. The third kappa shape index (κ3) is 5.35. The summed E-state index contributed by atoms with van der Waals surface area (Å²) in [5.74, 6) is 0.944. The number of rotatable bonds is 5. The predicted octanol–water partition coefficient (Wildman–Crippen LogP) is 4.32. The van der Waals surface area contributed by atoms with Gasteiger partial charge in [0.1, 0.15) is 0 Å². The maximum absolute atomic E-state index is 4.31. The summed E-state index contributed by atoms with van der Waals surface area (Å²) in [5.41, 5.74) is 4.54. The van der Waals surface area contributed by atoms with Crippen molar-refractivity contribution in [3.8, 4) is 0 Å². The lowest BCUT2D eigenvalue weighted by atomic mass is 10.1. The van der Waals surface area contributed by atoms with Gasteiger partial charge in [0.25, 0.3) is 0 Å². The van der Waals surface area contributed by atoms with E-state index >= 15 is 0 Å². The molecule has 1 heterocycles. The molecule has 2 rings (SSSR count). The number of nitrogens with zero attached hydrogens (tertiary/aromatic N) is 1. The minimum absolute atomic E-state index is 0.156. The second-order valence-corrected chi connectivity index (χ2v) is 7.29. The van der Waals surface area contributed by atoms with Crippen molar-refractivity contribution < 1.29 is 0 Å². The number of thioether (sulfide) groups is 1. The molecule has 102 valence electrons. The van der Waals surface area contributed by atoms with E-state index in [4.69, 9.17) is 0 Å². The molecular weight excluding hydrogens is 272 g/mol. The lowest BCUT2D eigenvalue weighted by Crippen LogP contribution is -2.35. The monoisotopic (exact) mass is 292 g/mol. The number of nitrogens with one attached hydrogen (secondary N) is 1. The summed E-state index contributed by atoms with van der Waals surface area (Å²) >= 11 is 3.50. The normalized spacial score (nSPS) is 11.7. The first kappa shape index (κ1) is 14.6. The third-order valence-electron chi connectivity index (χ3n) is 2.59. The Morgan fingerprint density at radius 2 is 2.16 bits per heavy atom. The summed E-state index contributed by atoms with van der Waals surface area (Å²) in [7, 11) is 0. The van der Waals surface area contributed by atoms with Crippen LogP contribution in [-0.2, 0) is 12.3 Å². The Morgan fingerprint density at radius 1 is 1.32 bits per heavy atom. The minimum Gasteiger partial charge on any atom is -0.308 e. The standard InChI is InChI=1S/C15H20N2S2/c1-15(2,3)17-8-12-5-4-6-14(7-12)19-10-13-9-18-11-16-13/h4-7,9,11,17H,8,10H2,1-3H3. The van der Waals surface area contributed by atoms with Gasteiger partial charge in [0.05, 0.1) is 11.2 Å². The minimum atomic E-state index is 0.156. The highest BCUT2D eigenvalue weighted by Crippen LogP contribution is 2.23. The van der Waals surface area contributed by atoms with Crippen molar-refractivity contribution in [2.24, 2.45) is 0 Å². The first-order chi connectivity index (χ1) is 9.03. The zero-order valence-electron chi connectivity index (χ0n) is 11.6. The molecule has 0 radical (unpaired) electrons. The van der Waals surface area contributed by atoms with Crippen molar-refractivity contribution in [3.05, 3.63) is 46.4 Å². The van der Waals surface area contributed by atoms with Gasteiger partial charge >= 0.3 is 0 Å². The quantitative estimate of drug-likeness (QED) is 0.831. The number of hydrogen-bond donors (Lipinski definition) is 1. The average Bonchev–Trinajstić information content (AvgIpc) is 2.87. The van der Waals surface area contributed by atoms with Gasteiger partial charge in [0.15, 0.2) is 0 Å². The summed E-state index contributed by atoms with van der Waals surface area (Å²) in [6.45, 7) is 7.48. The SMILES string of the molecule is CC(C)(C)NCc1cccc(SCc2cscn2)c1. The molecule has 0 atom stereocenters. The fourth-order valence-electron chi connectivity index (χ4n) is 1.58. The van der Waals surface area contributed by atoms with Gasteiger partial charge in [-0.15, -0.1) is 23.1 Å². The van der Waals surface area contributed by atoms with Crippen molar-refractivity contribution >= 4 is 23.1 Å². The number of aromatic nitrogens is 1. The fourth-order valence-corrected chi connectivity index (χ4v) is 3.12. The molecule has 1 aromatic heterocycles. The van der Waals surface area contributed by atoms with Crippen molar-refractivity contribution in [1.29, 1.82) is 0 Å². The van der Waals surface area contributed by atoms with Crippen LogP contribution in [0.4, 0.5) is 0 Å². The van der Waals surface area contributed by atoms with Crippen LogP contribution >= 0.6 is 23.1 Å². The van der Waals surface area contributed by atoms with Crippen LogP contribution in [0.2, 0.25) is 0 Å². The van der Waals surface area contributed by atoms with Crippen molar-refractivity contribution in [1.82, 2.24) is 10.3 Å². The van der Waals surface area contributed by atoms with Crippen LogP contribution in [-0.4, -0.2) is 10.5 Å². The molecule has 0 aliphatic rings. The summed E-state index contributed by atoms with van der Waals surface area (Å²) in [5, 5.41) is 5.62. The van der Waals surface area contributed by atoms with Crippen LogP contribution in [0, 0.1) is 0 Å². The van der Waals surface area contributed by atoms with Gasteiger partial charge in [-0.3, -0.25) is 0 Å². The summed E-state index contributed by atoms with van der Waals surface area (Å²) in [6.07, 6.45) is 0. The smallest absolute Gasteiger partial charge is 0.0795 e. The second kappa shape index (κ2) is 6.55. The van der Waals surface area contributed by atoms with Gasteiger partial charge in [-0.2, -0.15) is 0 Å². The highest BCUT2D eigenvalue weighted by molar-refractivity contribution is 7.98. The van der Waals surface area contributed by atoms with E-state index in [1.54, 1.807) is 11.3 Å². The molecule has 0 spiro atoms. The van der Waals surface area contributed by atoms with Gasteiger partial charge in [0, 0.05) is 28.1 Å². The number of hydrogen-bond acceptors (Lipinski definition) is 4. The Bertz CT molecular complexity index is 501. The molecule has 1 aromatic carbocycles. The molecule has 0 unspecified atom stereocenters. The van der Waals surface area contributed by atoms with Crippen LogP contribution in [0.3, 0.4) is 0 Å². The molecule has 0 bridgehead atoms. The Morgan fingerprint density at radius 3 is 2.84 bits per heavy atom. The average molecular weight is 292 g/mol. The van der Waals surface area contributed by atoms with E-state index in [9.17, 15) is 0 Å². The molecule has 0 aliphatic heterocycles. The van der Waals surface area contributed by atoms with Crippen molar-refractivity contribution in [3.63, 3.8) is 0 Å². The molecule has 4 heteroatoms. The molecule has 2 nitrogen and oxygen atoms in total. The molecule has 19 heavy (non-hydrogen) atoms. The predicted molar refractivity (Wildman–Crippen MR) is 84.7 cm³/mol. The molecule has 0 saturated carbocycles. The first-order valence-electron chi connectivity index (χ1n) is 6.37. The summed E-state index contributed by atoms with van der Waals surface area (Å²) in [4.78, 5) is 5.61. The van der Waals surface area contributed by atoms with E-state index in [0.717, 1.165) is 18.0 Å². The summed E-state index contributed by atoms with van der Waals surface area (Å²) < 4.78 is 0. The largest absolute Gasteiger partial charge is 0.308 e. The van der Waals surface area contributed by atoms with Gasteiger partial charge < -0.3 is 5.32 Å². The van der Waals surface area contributed by atoms with Crippen LogP contribution in [0.25, 0.3) is 0 Å². The van der Waals surface area contributed by atoms with Crippen LogP contribution < -0.4 is 5.32 Å². The van der Waals surface area contributed by atoms with E-state index < -0.39 is 0 Å². The molecule has 0 amide bonds. The Hall–Kier alpha value is -0.840. The van der Waals surface area contributed by atoms with E-state index in [0.29, 0.717) is 0 Å². The second-order valence-electron chi connectivity index (χ2n) is 5.52. The van der Waals surface area contributed by atoms with Gasteiger partial charge in [0.2, 0.25) is 0 Å². The Labute approximate surface area is 123 Å². The Kier molecular flexibility index (Phi) is 5.02.